The van der Waals surface area contributed by atoms with Crippen molar-refractivity contribution in [3.05, 3.63) is 70.9 Å². The molecule has 2 nitrogen and oxygen atoms in total. The number of aromatic nitrogens is 1. The minimum absolute atomic E-state index is 0.170. The maximum absolute atomic E-state index is 12.6. The molecule has 0 N–H and O–H groups in total. The zero-order valence-electron chi connectivity index (χ0n) is 13.6. The van der Waals surface area contributed by atoms with Crippen molar-refractivity contribution in [3.63, 3.8) is 0 Å². The van der Waals surface area contributed by atoms with E-state index in [1.165, 1.54) is 5.56 Å². The summed E-state index contributed by atoms with van der Waals surface area (Å²) in [4.78, 5) is 18.1. The molecule has 1 aromatic heterocycles. The number of carbonyl (C=O) groups is 1. The van der Waals surface area contributed by atoms with Crippen molar-refractivity contribution in [2.75, 3.05) is 5.75 Å². The van der Waals surface area contributed by atoms with Crippen LogP contribution in [0.15, 0.2) is 53.6 Å². The smallest absolute Gasteiger partial charge is 0.173 e. The molecule has 0 bridgehead atoms. The van der Waals surface area contributed by atoms with Gasteiger partial charge in [0.2, 0.25) is 0 Å². The number of fused-ring (bicyclic) bond motifs is 1. The van der Waals surface area contributed by atoms with Gasteiger partial charge in [-0.3, -0.25) is 9.78 Å². The lowest BCUT2D eigenvalue weighted by Gasteiger charge is -2.09. The van der Waals surface area contributed by atoms with Crippen LogP contribution in [0.2, 0.25) is 0 Å². The van der Waals surface area contributed by atoms with E-state index in [-0.39, 0.29) is 5.78 Å². The van der Waals surface area contributed by atoms with Crippen molar-refractivity contribution >= 4 is 28.4 Å². The van der Waals surface area contributed by atoms with Crippen LogP contribution in [0.4, 0.5) is 0 Å². The topological polar surface area (TPSA) is 30.0 Å². The van der Waals surface area contributed by atoms with E-state index >= 15 is 0 Å². The van der Waals surface area contributed by atoms with Gasteiger partial charge in [0.05, 0.1) is 11.3 Å². The molecule has 2 aromatic carbocycles. The number of rotatable bonds is 4. The number of pyridine rings is 1. The summed E-state index contributed by atoms with van der Waals surface area (Å²) in [5, 5.41) is 1.10. The second-order valence-corrected chi connectivity index (χ2v) is 6.81. The molecule has 0 aliphatic carbocycles. The average molecular weight is 321 g/mol. The van der Waals surface area contributed by atoms with Crippen molar-refractivity contribution in [1.29, 1.82) is 0 Å². The lowest BCUT2D eigenvalue weighted by molar-refractivity contribution is 0.102. The van der Waals surface area contributed by atoms with Crippen LogP contribution in [0.3, 0.4) is 0 Å². The summed E-state index contributed by atoms with van der Waals surface area (Å²) in [5.74, 6) is 0.600. The SMILES string of the molecule is Cc1cc(C)c(C(=O)CSc2cccc3cccnc23)cc1C. The van der Waals surface area contributed by atoms with E-state index in [4.69, 9.17) is 0 Å². The van der Waals surface area contributed by atoms with Crippen LogP contribution in [-0.2, 0) is 0 Å². The van der Waals surface area contributed by atoms with Gasteiger partial charge in [-0.05, 0) is 55.7 Å². The third-order valence-electron chi connectivity index (χ3n) is 4.10. The van der Waals surface area contributed by atoms with Gasteiger partial charge < -0.3 is 0 Å². The highest BCUT2D eigenvalue weighted by atomic mass is 32.2. The van der Waals surface area contributed by atoms with Gasteiger partial charge in [-0.1, -0.05) is 24.3 Å². The van der Waals surface area contributed by atoms with Crippen molar-refractivity contribution < 1.29 is 4.79 Å². The Hall–Kier alpha value is -2.13. The molecule has 23 heavy (non-hydrogen) atoms. The van der Waals surface area contributed by atoms with E-state index in [9.17, 15) is 4.79 Å². The first-order chi connectivity index (χ1) is 11.1. The van der Waals surface area contributed by atoms with Crippen LogP contribution in [0.25, 0.3) is 10.9 Å². The molecule has 0 spiro atoms. The zero-order valence-corrected chi connectivity index (χ0v) is 14.4. The second-order valence-electron chi connectivity index (χ2n) is 5.79. The lowest BCUT2D eigenvalue weighted by atomic mass is 9.99. The van der Waals surface area contributed by atoms with Gasteiger partial charge in [0.1, 0.15) is 0 Å². The molecule has 0 saturated carbocycles. The normalized spacial score (nSPS) is 10.9. The first-order valence-corrected chi connectivity index (χ1v) is 8.62. The van der Waals surface area contributed by atoms with Gasteiger partial charge in [-0.25, -0.2) is 0 Å². The van der Waals surface area contributed by atoms with E-state index in [1.54, 1.807) is 18.0 Å². The monoisotopic (exact) mass is 321 g/mol. The summed E-state index contributed by atoms with van der Waals surface area (Å²) >= 11 is 1.56. The number of ketones is 1. The highest BCUT2D eigenvalue weighted by Gasteiger charge is 2.12. The number of aryl methyl sites for hydroxylation is 3. The summed E-state index contributed by atoms with van der Waals surface area (Å²) in [6.07, 6.45) is 1.79. The molecule has 116 valence electrons. The lowest BCUT2D eigenvalue weighted by Crippen LogP contribution is -2.06. The van der Waals surface area contributed by atoms with Crippen molar-refractivity contribution in [3.8, 4) is 0 Å². The second kappa shape index (κ2) is 6.55. The quantitative estimate of drug-likeness (QED) is 0.492. The number of para-hydroxylation sites is 1. The van der Waals surface area contributed by atoms with Gasteiger partial charge in [0, 0.05) is 22.0 Å². The molecule has 3 aromatic rings. The number of hydrogen-bond acceptors (Lipinski definition) is 3. The molecular weight excluding hydrogens is 302 g/mol. The number of hydrogen-bond donors (Lipinski definition) is 0. The number of carbonyl (C=O) groups excluding carboxylic acids is 1. The third kappa shape index (κ3) is 3.30. The van der Waals surface area contributed by atoms with E-state index in [2.05, 4.69) is 18.0 Å². The third-order valence-corrected chi connectivity index (χ3v) is 5.14. The van der Waals surface area contributed by atoms with Gasteiger partial charge in [0.15, 0.2) is 5.78 Å². The molecule has 0 aliphatic heterocycles. The fourth-order valence-corrected chi connectivity index (χ4v) is 3.60. The molecule has 3 rings (SSSR count). The van der Waals surface area contributed by atoms with Crippen molar-refractivity contribution in [2.24, 2.45) is 0 Å². The molecule has 0 radical (unpaired) electrons. The standard InChI is InChI=1S/C20H19NOS/c1-13-10-15(3)17(11-14(13)2)18(22)12-23-19-8-4-6-16-7-5-9-21-20(16)19/h4-11H,12H2,1-3H3. The van der Waals surface area contributed by atoms with Crippen LogP contribution in [0.5, 0.6) is 0 Å². The molecule has 0 aliphatic rings. The van der Waals surface area contributed by atoms with Gasteiger partial charge in [-0.2, -0.15) is 0 Å². The first kappa shape index (κ1) is 15.8. The van der Waals surface area contributed by atoms with Crippen LogP contribution < -0.4 is 0 Å². The van der Waals surface area contributed by atoms with Gasteiger partial charge in [0.25, 0.3) is 0 Å². The number of thioether (sulfide) groups is 1. The number of Topliss-reactive ketones (excluding diaryl/α,β-unsaturated/α-hetero) is 1. The molecule has 0 unspecified atom stereocenters. The predicted molar refractivity (Wildman–Crippen MR) is 97.5 cm³/mol. The fraction of sp³-hybridized carbons (Fsp3) is 0.200. The Morgan fingerprint density at radius 3 is 2.57 bits per heavy atom. The Labute approximate surface area is 140 Å². The van der Waals surface area contributed by atoms with E-state index < -0.39 is 0 Å². The average Bonchev–Trinajstić information content (AvgIpc) is 2.56. The Morgan fingerprint density at radius 1 is 1.00 bits per heavy atom. The molecule has 1 heterocycles. The van der Waals surface area contributed by atoms with Gasteiger partial charge in [-0.15, -0.1) is 11.8 Å². The molecule has 3 heteroatoms. The molecule has 0 saturated heterocycles. The van der Waals surface area contributed by atoms with Crippen molar-refractivity contribution in [1.82, 2.24) is 4.98 Å². The summed E-state index contributed by atoms with van der Waals surface area (Å²) in [5.41, 5.74) is 5.23. The first-order valence-electron chi connectivity index (χ1n) is 7.64. The van der Waals surface area contributed by atoms with E-state index in [1.807, 2.05) is 50.2 Å². The highest BCUT2D eigenvalue weighted by molar-refractivity contribution is 8.00. The molecule has 0 amide bonds. The number of nitrogens with zero attached hydrogens (tertiary/aromatic N) is 1. The van der Waals surface area contributed by atoms with Crippen molar-refractivity contribution in [2.45, 2.75) is 25.7 Å². The van der Waals surface area contributed by atoms with Gasteiger partial charge >= 0.3 is 0 Å². The minimum atomic E-state index is 0.170. The largest absolute Gasteiger partial charge is 0.293 e. The molecule has 0 fully saturated rings. The van der Waals surface area contributed by atoms with Crippen LogP contribution in [-0.4, -0.2) is 16.5 Å². The van der Waals surface area contributed by atoms with Crippen LogP contribution >= 0.6 is 11.8 Å². The summed E-state index contributed by atoms with van der Waals surface area (Å²) < 4.78 is 0. The predicted octanol–water partition coefficient (Wildman–Crippen LogP) is 5.14. The Balaban J connectivity index is 1.83. The van der Waals surface area contributed by atoms with Crippen LogP contribution in [0.1, 0.15) is 27.0 Å². The minimum Gasteiger partial charge on any atom is -0.293 e. The fourth-order valence-electron chi connectivity index (χ4n) is 2.67. The maximum atomic E-state index is 12.6. The molecule has 0 atom stereocenters. The van der Waals surface area contributed by atoms with Crippen LogP contribution in [0, 0.1) is 20.8 Å². The summed E-state index contributed by atoms with van der Waals surface area (Å²) in [6.45, 7) is 6.13. The Bertz CT molecular complexity index is 881. The summed E-state index contributed by atoms with van der Waals surface area (Å²) in [6, 6.07) is 14.2. The Kier molecular flexibility index (Phi) is 4.49. The number of benzene rings is 2. The van der Waals surface area contributed by atoms with E-state index in [0.717, 1.165) is 32.5 Å². The van der Waals surface area contributed by atoms with E-state index in [0.29, 0.717) is 5.75 Å². The highest BCUT2D eigenvalue weighted by Crippen LogP contribution is 2.27. The zero-order chi connectivity index (χ0) is 16.4. The summed E-state index contributed by atoms with van der Waals surface area (Å²) in [7, 11) is 0. The molecular formula is C20H19NOS. The Morgan fingerprint density at radius 2 is 1.74 bits per heavy atom. The maximum Gasteiger partial charge on any atom is 0.173 e.